The van der Waals surface area contributed by atoms with Crippen LogP contribution in [0.3, 0.4) is 0 Å². The minimum Gasteiger partial charge on any atom is -0.508 e. The fourth-order valence-corrected chi connectivity index (χ4v) is 7.83. The number of hydrogen-bond acceptors (Lipinski definition) is 4. The molecule has 5 aliphatic heterocycles. The van der Waals surface area contributed by atoms with Crippen molar-refractivity contribution in [1.29, 1.82) is 0 Å². The highest BCUT2D eigenvalue weighted by Gasteiger charge is 2.74. The lowest BCUT2D eigenvalue weighted by atomic mass is 9.48. The number of benzene rings is 1. The molecule has 1 saturated carbocycles. The molecule has 32 heavy (non-hydrogen) atoms. The maximum Gasteiger partial charge on any atom is 0.249 e. The molecule has 1 aromatic carbocycles. The van der Waals surface area contributed by atoms with Gasteiger partial charge in [0, 0.05) is 35.7 Å². The summed E-state index contributed by atoms with van der Waals surface area (Å²) in [6.45, 7) is 9.36. The van der Waals surface area contributed by atoms with Crippen LogP contribution in [-0.2, 0) is 16.0 Å². The van der Waals surface area contributed by atoms with E-state index in [1.165, 1.54) is 5.57 Å². The zero-order chi connectivity index (χ0) is 22.6. The van der Waals surface area contributed by atoms with Crippen molar-refractivity contribution < 1.29 is 14.7 Å². The van der Waals surface area contributed by atoms with Gasteiger partial charge in [0.15, 0.2) is 0 Å². The van der Waals surface area contributed by atoms with Crippen LogP contribution in [0.2, 0.25) is 0 Å². The van der Waals surface area contributed by atoms with Gasteiger partial charge in [-0.15, -0.1) is 0 Å². The second-order valence-electron chi connectivity index (χ2n) is 11.5. The molecule has 2 bridgehead atoms. The van der Waals surface area contributed by atoms with Crippen LogP contribution in [0.25, 0.3) is 0 Å². The van der Waals surface area contributed by atoms with E-state index in [9.17, 15) is 14.7 Å². The molecular formula is C26H33N3O3. The number of carbonyl (C=O) groups excluding carboxylic acids is 2. The van der Waals surface area contributed by atoms with E-state index in [1.54, 1.807) is 6.07 Å². The molecular weight excluding hydrogens is 402 g/mol. The van der Waals surface area contributed by atoms with Gasteiger partial charge in [0.25, 0.3) is 0 Å². The van der Waals surface area contributed by atoms with Gasteiger partial charge in [0.05, 0.1) is 0 Å². The number of phenolic OH excluding ortho intramolecular Hbond substituents is 1. The van der Waals surface area contributed by atoms with Crippen LogP contribution in [0.15, 0.2) is 23.8 Å². The van der Waals surface area contributed by atoms with Gasteiger partial charge in [-0.05, 0) is 63.0 Å². The molecule has 3 N–H and O–H groups in total. The van der Waals surface area contributed by atoms with Crippen molar-refractivity contribution in [3.63, 3.8) is 0 Å². The second-order valence-corrected chi connectivity index (χ2v) is 11.5. The van der Waals surface area contributed by atoms with Crippen LogP contribution in [0.4, 0.5) is 5.69 Å². The first-order valence-electron chi connectivity index (χ1n) is 12.0. The summed E-state index contributed by atoms with van der Waals surface area (Å²) < 4.78 is 0. The average Bonchev–Trinajstić information content (AvgIpc) is 3.32. The Morgan fingerprint density at radius 1 is 1.25 bits per heavy atom. The highest BCUT2D eigenvalue weighted by molar-refractivity contribution is 6.05. The van der Waals surface area contributed by atoms with Gasteiger partial charge in [-0.25, -0.2) is 0 Å². The first-order valence-corrected chi connectivity index (χ1v) is 12.0. The van der Waals surface area contributed by atoms with E-state index < -0.39 is 11.1 Å². The number of anilines is 1. The van der Waals surface area contributed by atoms with Crippen molar-refractivity contribution in [3.05, 3.63) is 34.9 Å². The third-order valence-corrected chi connectivity index (χ3v) is 9.39. The monoisotopic (exact) mass is 435 g/mol. The summed E-state index contributed by atoms with van der Waals surface area (Å²) in [6, 6.07) is 3.97. The van der Waals surface area contributed by atoms with Crippen molar-refractivity contribution in [2.75, 3.05) is 11.9 Å². The number of nitrogens with one attached hydrogen (secondary N) is 2. The Morgan fingerprint density at radius 2 is 2.03 bits per heavy atom. The molecule has 0 radical (unpaired) electrons. The number of nitrogens with zero attached hydrogens (tertiary/aromatic N) is 1. The maximum atomic E-state index is 13.9. The number of amides is 2. The minimum absolute atomic E-state index is 0.0567. The number of phenols is 1. The van der Waals surface area contributed by atoms with E-state index in [2.05, 4.69) is 44.4 Å². The normalized spacial score (nSPS) is 37.8. The number of aromatic hydroxyl groups is 1. The SMILES string of the molecule is CC(C)=CCc1c(O)ccc2c1NC1C2C[C@]23NC(=O)[C@@]4(CCCN4C2=O)C[C@H]3C1(C)C. The van der Waals surface area contributed by atoms with Gasteiger partial charge in [-0.2, -0.15) is 0 Å². The van der Waals surface area contributed by atoms with E-state index >= 15 is 0 Å². The van der Waals surface area contributed by atoms with Crippen LogP contribution in [0.1, 0.15) is 70.4 Å². The van der Waals surface area contributed by atoms with Crippen molar-refractivity contribution in [2.24, 2.45) is 11.3 Å². The number of rotatable bonds is 2. The Labute approximate surface area is 189 Å². The van der Waals surface area contributed by atoms with Crippen molar-refractivity contribution in [1.82, 2.24) is 10.2 Å². The number of carbonyl (C=O) groups is 2. The second kappa shape index (κ2) is 6.09. The molecule has 6 nitrogen and oxygen atoms in total. The molecule has 0 aromatic heterocycles. The van der Waals surface area contributed by atoms with Crippen molar-refractivity contribution in [2.45, 2.75) is 82.8 Å². The molecule has 6 aliphatic rings. The molecule has 2 unspecified atom stereocenters. The standard InChI is InChI=1S/C26H33N3O3/c1-14(2)6-7-16-18(30)9-8-15-17-12-26-19(24(3,4)21(17)27-20(15)16)13-25(22(31)28-26)10-5-11-29(25)23(26)32/h6,8-9,17,19,21,27,30H,5,7,10-13H2,1-4H3,(H,28,31)/t17?,19-,21?,25+,26+/m0/s1. The van der Waals surface area contributed by atoms with E-state index in [0.717, 1.165) is 36.1 Å². The van der Waals surface area contributed by atoms with Crippen LogP contribution in [0.5, 0.6) is 5.75 Å². The fraction of sp³-hybridized carbons (Fsp3) is 0.615. The summed E-state index contributed by atoms with van der Waals surface area (Å²) in [5, 5.41) is 17.8. The largest absolute Gasteiger partial charge is 0.508 e. The van der Waals surface area contributed by atoms with Gasteiger partial charge in [-0.3, -0.25) is 9.59 Å². The molecule has 2 spiro atoms. The van der Waals surface area contributed by atoms with Crippen LogP contribution < -0.4 is 10.6 Å². The minimum atomic E-state index is -0.824. The number of hydrogen-bond donors (Lipinski definition) is 3. The van der Waals surface area contributed by atoms with E-state index in [1.807, 2.05) is 11.0 Å². The summed E-state index contributed by atoms with van der Waals surface area (Å²) in [4.78, 5) is 29.1. The number of piperidine rings is 2. The summed E-state index contributed by atoms with van der Waals surface area (Å²) in [6.07, 6.45) is 5.87. The topological polar surface area (TPSA) is 81.7 Å². The van der Waals surface area contributed by atoms with E-state index in [4.69, 9.17) is 0 Å². The number of allylic oxidation sites excluding steroid dienone is 2. The van der Waals surface area contributed by atoms with Gasteiger partial charge in [0.2, 0.25) is 11.8 Å². The summed E-state index contributed by atoms with van der Waals surface area (Å²) in [5.41, 5.74) is 2.66. The Hall–Kier alpha value is -2.50. The van der Waals surface area contributed by atoms with Crippen molar-refractivity contribution in [3.8, 4) is 5.75 Å². The van der Waals surface area contributed by atoms with Crippen LogP contribution in [0, 0.1) is 11.3 Å². The van der Waals surface area contributed by atoms with Gasteiger partial charge < -0.3 is 20.6 Å². The highest BCUT2D eigenvalue weighted by atomic mass is 16.3. The predicted octanol–water partition coefficient (Wildman–Crippen LogP) is 3.46. The number of piperazine rings is 1. The van der Waals surface area contributed by atoms with Crippen molar-refractivity contribution >= 4 is 17.5 Å². The summed E-state index contributed by atoms with van der Waals surface area (Å²) >= 11 is 0. The van der Waals surface area contributed by atoms with Gasteiger partial charge in [0.1, 0.15) is 16.8 Å². The lowest BCUT2D eigenvalue weighted by Crippen LogP contribution is -2.85. The van der Waals surface area contributed by atoms with Gasteiger partial charge >= 0.3 is 0 Å². The molecule has 1 aliphatic carbocycles. The lowest BCUT2D eigenvalue weighted by molar-refractivity contribution is -0.187. The fourth-order valence-electron chi connectivity index (χ4n) is 7.83. The summed E-state index contributed by atoms with van der Waals surface area (Å²) in [5.74, 6) is 0.702. The lowest BCUT2D eigenvalue weighted by Gasteiger charge is -2.66. The van der Waals surface area contributed by atoms with Gasteiger partial charge in [-0.1, -0.05) is 31.6 Å². The maximum absolute atomic E-state index is 13.9. The molecule has 5 atom stereocenters. The van der Waals surface area contributed by atoms with Crippen LogP contribution in [-0.4, -0.2) is 45.5 Å². The Bertz CT molecular complexity index is 1090. The highest BCUT2D eigenvalue weighted by Crippen LogP contribution is 2.64. The molecule has 6 heteroatoms. The average molecular weight is 436 g/mol. The molecule has 1 aromatic rings. The van der Waals surface area contributed by atoms with E-state index in [0.29, 0.717) is 25.1 Å². The zero-order valence-electron chi connectivity index (χ0n) is 19.4. The summed E-state index contributed by atoms with van der Waals surface area (Å²) in [7, 11) is 0. The molecule has 7 rings (SSSR count). The molecule has 5 heterocycles. The third-order valence-electron chi connectivity index (χ3n) is 9.39. The molecule has 5 fully saturated rings. The molecule has 170 valence electrons. The van der Waals surface area contributed by atoms with Crippen LogP contribution >= 0.6 is 0 Å². The zero-order valence-corrected chi connectivity index (χ0v) is 19.4. The molecule has 2 amide bonds. The smallest absolute Gasteiger partial charge is 0.249 e. The Morgan fingerprint density at radius 3 is 2.78 bits per heavy atom. The Kier molecular flexibility index (Phi) is 3.83. The number of fused-ring (bicyclic) bond motifs is 4. The predicted molar refractivity (Wildman–Crippen MR) is 122 cm³/mol. The quantitative estimate of drug-likeness (QED) is 0.622. The first kappa shape index (κ1) is 20.1. The molecule has 4 saturated heterocycles. The van der Waals surface area contributed by atoms with E-state index in [-0.39, 0.29) is 35.1 Å². The first-order chi connectivity index (χ1) is 15.1. The Balaban J connectivity index is 1.48. The third kappa shape index (κ3) is 2.21.